The number of nitrogens with one attached hydrogen (secondary N) is 2. The number of methoxy groups -OCH3 is 1. The molecule has 4 N–H and O–H groups in total. The van der Waals surface area contributed by atoms with Crippen LogP contribution in [0.2, 0.25) is 0 Å². The fourth-order valence-electron chi connectivity index (χ4n) is 1.99. The number of nitrogens with two attached hydrogens (primary N) is 1. The van der Waals surface area contributed by atoms with Gasteiger partial charge >= 0.3 is 0 Å². The van der Waals surface area contributed by atoms with E-state index in [-0.39, 0.29) is 5.91 Å². The van der Waals surface area contributed by atoms with Gasteiger partial charge in [0, 0.05) is 11.3 Å². The zero-order chi connectivity index (χ0) is 15.4. The normalized spacial score (nSPS) is 10.1. The van der Waals surface area contributed by atoms with E-state index < -0.39 is 0 Å². The summed E-state index contributed by atoms with van der Waals surface area (Å²) in [6.07, 6.45) is 0. The molecule has 0 aliphatic rings. The molecule has 1 aromatic heterocycles. The lowest BCUT2D eigenvalue weighted by Crippen LogP contribution is -2.15. The number of aryl methyl sites for hydroxylation is 2. The van der Waals surface area contributed by atoms with Gasteiger partial charge in [0.1, 0.15) is 11.6 Å². The van der Waals surface area contributed by atoms with E-state index in [0.29, 0.717) is 28.5 Å². The lowest BCUT2D eigenvalue weighted by atomic mass is 10.1. The molecule has 21 heavy (non-hydrogen) atoms. The van der Waals surface area contributed by atoms with Crippen molar-refractivity contribution >= 4 is 17.4 Å². The average Bonchev–Trinajstić information content (AvgIpc) is 2.46. The Hall–Kier alpha value is -2.60. The number of pyridine rings is 1. The molecule has 0 bridgehead atoms. The lowest BCUT2D eigenvalue weighted by Gasteiger charge is -2.12. The van der Waals surface area contributed by atoms with Crippen LogP contribution in [0.3, 0.4) is 0 Å². The maximum atomic E-state index is 12.4. The summed E-state index contributed by atoms with van der Waals surface area (Å²) in [6.45, 7) is 3.74. The summed E-state index contributed by atoms with van der Waals surface area (Å²) in [5.41, 5.74) is 5.27. The van der Waals surface area contributed by atoms with Gasteiger partial charge in [0.2, 0.25) is 0 Å². The van der Waals surface area contributed by atoms with Crippen LogP contribution in [0.1, 0.15) is 21.6 Å². The van der Waals surface area contributed by atoms with Crippen molar-refractivity contribution in [3.63, 3.8) is 0 Å². The van der Waals surface area contributed by atoms with E-state index in [1.807, 2.05) is 25.1 Å². The highest BCUT2D eigenvalue weighted by Crippen LogP contribution is 2.26. The molecule has 1 aromatic carbocycles. The van der Waals surface area contributed by atoms with E-state index in [1.165, 1.54) is 0 Å². The second-order valence-corrected chi connectivity index (χ2v) is 4.68. The second-order valence-electron chi connectivity index (χ2n) is 4.68. The minimum Gasteiger partial charge on any atom is -0.495 e. The summed E-state index contributed by atoms with van der Waals surface area (Å²) in [5, 5.41) is 2.84. The number of amides is 1. The Morgan fingerprint density at radius 2 is 2.00 bits per heavy atom. The number of benzene rings is 1. The van der Waals surface area contributed by atoms with E-state index in [1.54, 1.807) is 26.2 Å². The van der Waals surface area contributed by atoms with Gasteiger partial charge in [-0.05, 0) is 43.7 Å². The first kappa shape index (κ1) is 14.8. The molecule has 0 saturated heterocycles. The van der Waals surface area contributed by atoms with Gasteiger partial charge in [-0.25, -0.2) is 10.8 Å². The highest BCUT2D eigenvalue weighted by molar-refractivity contribution is 6.05. The van der Waals surface area contributed by atoms with Gasteiger partial charge < -0.3 is 15.5 Å². The number of hydrogen-bond donors (Lipinski definition) is 3. The predicted molar refractivity (Wildman–Crippen MR) is 82.5 cm³/mol. The van der Waals surface area contributed by atoms with Crippen LogP contribution < -0.4 is 21.3 Å². The van der Waals surface area contributed by atoms with Crippen LogP contribution in [0.15, 0.2) is 30.3 Å². The van der Waals surface area contributed by atoms with Crippen molar-refractivity contribution in [2.45, 2.75) is 13.8 Å². The van der Waals surface area contributed by atoms with Crippen LogP contribution in [0.4, 0.5) is 11.5 Å². The smallest absolute Gasteiger partial charge is 0.255 e. The molecular weight excluding hydrogens is 268 g/mol. The Kier molecular flexibility index (Phi) is 4.39. The molecule has 2 rings (SSSR count). The number of hydrogen-bond acceptors (Lipinski definition) is 5. The van der Waals surface area contributed by atoms with E-state index in [9.17, 15) is 4.79 Å². The standard InChI is InChI=1S/C15H18N4O2/c1-9-4-5-13(21-3)12(6-9)18-15(20)11-7-10(2)17-14(8-11)19-16/h4-8H,16H2,1-3H3,(H,17,19)(H,18,20). The van der Waals surface area contributed by atoms with Crippen molar-refractivity contribution in [1.29, 1.82) is 0 Å². The zero-order valence-corrected chi connectivity index (χ0v) is 12.2. The fraction of sp³-hybridized carbons (Fsp3) is 0.200. The number of nitrogens with zero attached hydrogens (tertiary/aromatic N) is 1. The van der Waals surface area contributed by atoms with Crippen molar-refractivity contribution < 1.29 is 9.53 Å². The Morgan fingerprint density at radius 1 is 1.24 bits per heavy atom. The van der Waals surface area contributed by atoms with E-state index in [2.05, 4.69) is 15.7 Å². The number of anilines is 2. The number of hydrazine groups is 1. The van der Waals surface area contributed by atoms with E-state index >= 15 is 0 Å². The highest BCUT2D eigenvalue weighted by atomic mass is 16.5. The minimum absolute atomic E-state index is 0.249. The molecule has 0 fully saturated rings. The summed E-state index contributed by atoms with van der Waals surface area (Å²) in [5.74, 6) is 6.14. The molecule has 1 amide bonds. The number of nitrogen functional groups attached to an aromatic ring is 1. The monoisotopic (exact) mass is 286 g/mol. The molecule has 0 unspecified atom stereocenters. The largest absolute Gasteiger partial charge is 0.495 e. The summed E-state index contributed by atoms with van der Waals surface area (Å²) in [7, 11) is 1.56. The minimum atomic E-state index is -0.249. The van der Waals surface area contributed by atoms with Gasteiger partial charge in [-0.15, -0.1) is 0 Å². The van der Waals surface area contributed by atoms with Gasteiger partial charge in [-0.1, -0.05) is 6.07 Å². The van der Waals surface area contributed by atoms with Crippen molar-refractivity contribution in [3.8, 4) is 5.75 Å². The number of aromatic nitrogens is 1. The van der Waals surface area contributed by atoms with Crippen LogP contribution in [-0.2, 0) is 0 Å². The Balaban J connectivity index is 2.30. The molecule has 0 atom stereocenters. The molecule has 0 aliphatic carbocycles. The van der Waals surface area contributed by atoms with Gasteiger partial charge in [-0.2, -0.15) is 0 Å². The van der Waals surface area contributed by atoms with Gasteiger partial charge in [0.05, 0.1) is 12.8 Å². The first-order valence-corrected chi connectivity index (χ1v) is 6.45. The number of carbonyl (C=O) groups excluding carboxylic acids is 1. The van der Waals surface area contributed by atoms with Gasteiger partial charge in [0.15, 0.2) is 0 Å². The third-order valence-electron chi connectivity index (χ3n) is 2.97. The summed E-state index contributed by atoms with van der Waals surface area (Å²) in [6, 6.07) is 8.87. The summed E-state index contributed by atoms with van der Waals surface area (Å²) >= 11 is 0. The van der Waals surface area contributed by atoms with Crippen molar-refractivity contribution in [2.75, 3.05) is 17.9 Å². The SMILES string of the molecule is COc1ccc(C)cc1NC(=O)c1cc(C)nc(NN)c1. The number of ether oxygens (including phenoxy) is 1. The maximum absolute atomic E-state index is 12.4. The van der Waals surface area contributed by atoms with Gasteiger partial charge in [-0.3, -0.25) is 4.79 Å². The molecule has 6 nitrogen and oxygen atoms in total. The van der Waals surface area contributed by atoms with Crippen LogP contribution >= 0.6 is 0 Å². The molecule has 1 heterocycles. The van der Waals surface area contributed by atoms with Crippen molar-refractivity contribution in [1.82, 2.24) is 4.98 Å². The second kappa shape index (κ2) is 6.23. The quantitative estimate of drug-likeness (QED) is 0.592. The van der Waals surface area contributed by atoms with E-state index in [0.717, 1.165) is 5.56 Å². The Morgan fingerprint density at radius 3 is 2.67 bits per heavy atom. The first-order chi connectivity index (χ1) is 10.0. The molecule has 0 aliphatic heterocycles. The highest BCUT2D eigenvalue weighted by Gasteiger charge is 2.11. The number of rotatable bonds is 4. The van der Waals surface area contributed by atoms with E-state index in [4.69, 9.17) is 10.6 Å². The van der Waals surface area contributed by atoms with Crippen molar-refractivity contribution in [3.05, 3.63) is 47.2 Å². The molecule has 2 aromatic rings. The first-order valence-electron chi connectivity index (χ1n) is 6.45. The average molecular weight is 286 g/mol. The topological polar surface area (TPSA) is 89.3 Å². The Bertz CT molecular complexity index is 671. The lowest BCUT2D eigenvalue weighted by molar-refractivity contribution is 0.102. The molecule has 0 spiro atoms. The molecule has 0 radical (unpaired) electrons. The molecular formula is C15H18N4O2. The summed E-state index contributed by atoms with van der Waals surface area (Å²) in [4.78, 5) is 16.5. The molecule has 6 heteroatoms. The van der Waals surface area contributed by atoms with Crippen LogP contribution in [0, 0.1) is 13.8 Å². The zero-order valence-electron chi connectivity index (χ0n) is 12.2. The predicted octanol–water partition coefficient (Wildman–Crippen LogP) is 2.24. The van der Waals surface area contributed by atoms with Crippen LogP contribution in [0.25, 0.3) is 0 Å². The van der Waals surface area contributed by atoms with Crippen molar-refractivity contribution in [2.24, 2.45) is 5.84 Å². The van der Waals surface area contributed by atoms with Crippen LogP contribution in [0.5, 0.6) is 5.75 Å². The molecule has 110 valence electrons. The summed E-state index contributed by atoms with van der Waals surface area (Å²) < 4.78 is 5.25. The van der Waals surface area contributed by atoms with Gasteiger partial charge in [0.25, 0.3) is 5.91 Å². The third-order valence-corrected chi connectivity index (χ3v) is 2.97. The molecule has 0 saturated carbocycles. The Labute approximate surface area is 123 Å². The maximum Gasteiger partial charge on any atom is 0.255 e. The number of carbonyl (C=O) groups is 1. The fourth-order valence-corrected chi connectivity index (χ4v) is 1.99. The third kappa shape index (κ3) is 3.49. The van der Waals surface area contributed by atoms with Crippen LogP contribution in [-0.4, -0.2) is 18.0 Å².